The molecule has 0 atom stereocenters. The van der Waals surface area contributed by atoms with Gasteiger partial charge in [0, 0.05) is 23.9 Å². The summed E-state index contributed by atoms with van der Waals surface area (Å²) in [5, 5.41) is 4.06. The summed E-state index contributed by atoms with van der Waals surface area (Å²) in [6.07, 6.45) is 1.55. The fourth-order valence-corrected chi connectivity index (χ4v) is 5.83. The fraction of sp³-hybridized carbons (Fsp3) is 0.222. The summed E-state index contributed by atoms with van der Waals surface area (Å²) in [5.74, 6) is 0.676. The lowest BCUT2D eigenvalue weighted by molar-refractivity contribution is 0.134. The molecule has 0 aliphatic heterocycles. The number of hydrogen-bond donors (Lipinski definition) is 2. The van der Waals surface area contributed by atoms with Crippen molar-refractivity contribution in [1.29, 1.82) is 0 Å². The van der Waals surface area contributed by atoms with Crippen LogP contribution in [-0.4, -0.2) is 34.7 Å². The maximum Gasteiger partial charge on any atom is 0.326 e. The van der Waals surface area contributed by atoms with Crippen LogP contribution in [0.5, 0.6) is 0 Å². The van der Waals surface area contributed by atoms with Gasteiger partial charge < -0.3 is 14.2 Å². The third-order valence-electron chi connectivity index (χ3n) is 6.48. The molecule has 0 spiro atoms. The van der Waals surface area contributed by atoms with Crippen molar-refractivity contribution < 1.29 is 17.7 Å². The number of nitrogens with zero attached hydrogens (tertiary/aromatic N) is 3. The van der Waals surface area contributed by atoms with E-state index >= 15 is 0 Å². The van der Waals surface area contributed by atoms with Crippen LogP contribution in [0.3, 0.4) is 0 Å². The number of aromatic amines is 1. The minimum absolute atomic E-state index is 0.0885. The lowest BCUT2D eigenvalue weighted by Crippen LogP contribution is -2.17. The number of nitrogens with one attached hydrogen (secondary N) is 2. The van der Waals surface area contributed by atoms with Gasteiger partial charge in [-0.1, -0.05) is 53.2 Å². The van der Waals surface area contributed by atoms with Gasteiger partial charge >= 0.3 is 5.69 Å². The molecule has 0 aliphatic carbocycles. The summed E-state index contributed by atoms with van der Waals surface area (Å²) < 4.78 is 41.9. The molecule has 0 saturated carbocycles. The first-order valence-electron chi connectivity index (χ1n) is 12.2. The van der Waals surface area contributed by atoms with E-state index in [0.29, 0.717) is 40.1 Å². The molecule has 0 unspecified atom stereocenters. The number of rotatable bonds is 9. The molecule has 0 saturated heterocycles. The maximum absolute atomic E-state index is 13.5. The van der Waals surface area contributed by atoms with E-state index in [-0.39, 0.29) is 34.7 Å². The number of ether oxygens (including phenoxy) is 1. The first-order chi connectivity index (χ1) is 18.7. The number of H-pyrrole nitrogens is 1. The van der Waals surface area contributed by atoms with Crippen LogP contribution in [0.25, 0.3) is 22.2 Å². The van der Waals surface area contributed by atoms with Gasteiger partial charge in [-0.3, -0.25) is 9.29 Å². The normalized spacial score (nSPS) is 11.8. The number of anilines is 1. The average molecular weight is 568 g/mol. The van der Waals surface area contributed by atoms with Crippen molar-refractivity contribution in [2.75, 3.05) is 11.3 Å². The number of aromatic nitrogens is 4. The smallest absolute Gasteiger partial charge is 0.326 e. The summed E-state index contributed by atoms with van der Waals surface area (Å²) in [6.45, 7) is 6.33. The van der Waals surface area contributed by atoms with Crippen LogP contribution in [0, 0.1) is 13.8 Å². The van der Waals surface area contributed by atoms with Crippen LogP contribution < -0.4 is 10.4 Å². The van der Waals surface area contributed by atoms with E-state index in [2.05, 4.69) is 19.8 Å². The van der Waals surface area contributed by atoms with Gasteiger partial charge in [-0.25, -0.2) is 18.2 Å². The van der Waals surface area contributed by atoms with Gasteiger partial charge in [-0.2, -0.15) is 0 Å². The molecule has 0 bridgehead atoms. The van der Waals surface area contributed by atoms with Crippen LogP contribution >= 0.6 is 11.6 Å². The third-order valence-corrected chi connectivity index (χ3v) is 8.16. The molecule has 2 N–H and O–H groups in total. The van der Waals surface area contributed by atoms with Crippen LogP contribution in [0.4, 0.5) is 5.82 Å². The standard InChI is InChI=1S/C27H26ClN5O5S/c1-4-37-15-19-13-18(14-33-22-11-12-29-25(28)24(22)30-27(33)34)9-10-20(19)21-7-5-6-8-23(21)39(35,36)32-26-16(2)17(3)38-31-26/h5-13H,4,14-15H2,1-3H3,(H,30,34)(H,31,32). The zero-order valence-corrected chi connectivity index (χ0v) is 23.1. The fourth-order valence-electron chi connectivity index (χ4n) is 4.35. The Morgan fingerprint density at radius 2 is 1.92 bits per heavy atom. The maximum atomic E-state index is 13.5. The van der Waals surface area contributed by atoms with Crippen LogP contribution in [0.2, 0.25) is 5.15 Å². The number of aryl methyl sites for hydroxylation is 1. The Morgan fingerprint density at radius 1 is 1.13 bits per heavy atom. The molecular formula is C27H26ClN5O5S. The highest BCUT2D eigenvalue weighted by Gasteiger charge is 2.23. The lowest BCUT2D eigenvalue weighted by Gasteiger charge is -2.16. The molecule has 0 radical (unpaired) electrons. The second-order valence-corrected chi connectivity index (χ2v) is 11.0. The van der Waals surface area contributed by atoms with Crippen molar-refractivity contribution in [3.8, 4) is 11.1 Å². The quantitative estimate of drug-likeness (QED) is 0.239. The molecule has 0 fully saturated rings. The number of halogens is 1. The second-order valence-electron chi connectivity index (χ2n) is 8.95. The first kappa shape index (κ1) is 26.7. The number of imidazole rings is 1. The Morgan fingerprint density at radius 3 is 2.67 bits per heavy atom. The molecule has 5 rings (SSSR count). The predicted octanol–water partition coefficient (Wildman–Crippen LogP) is 5.04. The van der Waals surface area contributed by atoms with Crippen LogP contribution in [0.1, 0.15) is 29.4 Å². The van der Waals surface area contributed by atoms with Crippen molar-refractivity contribution in [1.82, 2.24) is 19.7 Å². The van der Waals surface area contributed by atoms with Crippen LogP contribution in [-0.2, 0) is 27.9 Å². The molecule has 2 aromatic carbocycles. The number of sulfonamides is 1. The van der Waals surface area contributed by atoms with Gasteiger partial charge in [0.15, 0.2) is 11.0 Å². The zero-order chi connectivity index (χ0) is 27.7. The summed E-state index contributed by atoms with van der Waals surface area (Å²) in [5.41, 5.74) is 4.22. The summed E-state index contributed by atoms with van der Waals surface area (Å²) in [4.78, 5) is 19.5. The molecule has 5 aromatic rings. The monoisotopic (exact) mass is 567 g/mol. The van der Waals surface area contributed by atoms with E-state index in [1.54, 1.807) is 54.9 Å². The summed E-state index contributed by atoms with van der Waals surface area (Å²) >= 11 is 6.15. The highest BCUT2D eigenvalue weighted by atomic mass is 35.5. The second kappa shape index (κ2) is 10.7. The average Bonchev–Trinajstić information content (AvgIpc) is 3.41. The van der Waals surface area contributed by atoms with Crippen molar-refractivity contribution in [2.45, 2.75) is 38.8 Å². The largest absolute Gasteiger partial charge is 0.377 e. The van der Waals surface area contributed by atoms with E-state index in [0.717, 1.165) is 11.1 Å². The van der Waals surface area contributed by atoms with Gasteiger partial charge in [-0.15, -0.1) is 0 Å². The molecule has 39 heavy (non-hydrogen) atoms. The number of fused-ring (bicyclic) bond motifs is 1. The number of benzene rings is 2. The molecule has 10 nitrogen and oxygen atoms in total. The predicted molar refractivity (Wildman–Crippen MR) is 148 cm³/mol. The molecular weight excluding hydrogens is 542 g/mol. The van der Waals surface area contributed by atoms with Crippen molar-refractivity contribution in [3.63, 3.8) is 0 Å². The highest BCUT2D eigenvalue weighted by molar-refractivity contribution is 7.92. The SMILES string of the molecule is CCOCc1cc(Cn2c(=O)[nH]c3c(Cl)nccc32)ccc1-c1ccccc1S(=O)(=O)Nc1noc(C)c1C. The summed E-state index contributed by atoms with van der Waals surface area (Å²) in [7, 11) is -4.01. The minimum atomic E-state index is -4.01. The van der Waals surface area contributed by atoms with Gasteiger partial charge in [0.1, 0.15) is 11.3 Å². The Hall–Kier alpha value is -3.93. The van der Waals surface area contributed by atoms with Crippen molar-refractivity contribution in [3.05, 3.63) is 92.8 Å². The molecule has 202 valence electrons. The van der Waals surface area contributed by atoms with E-state index < -0.39 is 10.0 Å². The Kier molecular flexibility index (Phi) is 7.30. The number of hydrogen-bond acceptors (Lipinski definition) is 7. The first-order valence-corrected chi connectivity index (χ1v) is 14.0. The molecule has 3 heterocycles. The molecule has 12 heteroatoms. The Labute approximate surface area is 229 Å². The van der Waals surface area contributed by atoms with Crippen molar-refractivity contribution >= 4 is 38.5 Å². The van der Waals surface area contributed by atoms with Gasteiger partial charge in [0.05, 0.1) is 23.6 Å². The van der Waals surface area contributed by atoms with E-state index in [1.807, 2.05) is 25.1 Å². The van der Waals surface area contributed by atoms with Gasteiger partial charge in [0.2, 0.25) is 0 Å². The lowest BCUT2D eigenvalue weighted by atomic mass is 9.97. The highest BCUT2D eigenvalue weighted by Crippen LogP contribution is 2.33. The van der Waals surface area contributed by atoms with E-state index in [9.17, 15) is 13.2 Å². The third kappa shape index (κ3) is 5.20. The van der Waals surface area contributed by atoms with Crippen molar-refractivity contribution in [2.24, 2.45) is 0 Å². The van der Waals surface area contributed by atoms with E-state index in [1.165, 1.54) is 0 Å². The zero-order valence-electron chi connectivity index (χ0n) is 21.5. The molecule has 0 aliphatic rings. The molecule has 0 amide bonds. The Bertz CT molecular complexity index is 1840. The number of pyridine rings is 1. The topological polar surface area (TPSA) is 132 Å². The van der Waals surface area contributed by atoms with Crippen LogP contribution in [0.15, 0.2) is 68.9 Å². The molecule has 3 aromatic heterocycles. The van der Waals surface area contributed by atoms with Gasteiger partial charge in [0.25, 0.3) is 10.0 Å². The van der Waals surface area contributed by atoms with E-state index in [4.69, 9.17) is 20.9 Å². The van der Waals surface area contributed by atoms with Gasteiger partial charge in [-0.05, 0) is 49.6 Å². The Balaban J connectivity index is 1.56. The minimum Gasteiger partial charge on any atom is -0.377 e. The summed E-state index contributed by atoms with van der Waals surface area (Å²) in [6, 6.07) is 14.1.